The largest absolute Gasteiger partial charge is 0.371 e. The Morgan fingerprint density at radius 2 is 1.65 bits per heavy atom. The second-order valence-corrected chi connectivity index (χ2v) is 7.24. The van der Waals surface area contributed by atoms with E-state index in [1.165, 1.54) is 57.1 Å². The van der Waals surface area contributed by atoms with Crippen molar-refractivity contribution in [3.05, 3.63) is 23.9 Å². The summed E-state index contributed by atoms with van der Waals surface area (Å²) in [5.74, 6) is 1.68. The predicted octanol–water partition coefficient (Wildman–Crippen LogP) is 5.78. The number of allylic oxidation sites excluding steroid dienone is 1. The summed E-state index contributed by atoms with van der Waals surface area (Å²) in [6.07, 6.45) is 11.7. The van der Waals surface area contributed by atoms with E-state index in [1.807, 2.05) is 0 Å². The third-order valence-corrected chi connectivity index (χ3v) is 4.09. The fourth-order valence-corrected chi connectivity index (χ4v) is 2.90. The van der Waals surface area contributed by atoms with Crippen LogP contribution >= 0.6 is 0 Å². The summed E-state index contributed by atoms with van der Waals surface area (Å²) in [5.41, 5.74) is 2.84. The minimum absolute atomic E-state index is 0.824. The Kier molecular flexibility index (Phi) is 8.02. The molecular weight excluding hydrogens is 242 g/mol. The van der Waals surface area contributed by atoms with Crippen molar-refractivity contribution in [3.8, 4) is 0 Å². The molecule has 0 aromatic rings. The topological polar surface area (TPSA) is 3.24 Å². The van der Waals surface area contributed by atoms with Gasteiger partial charge in [-0.1, -0.05) is 60.0 Å². The van der Waals surface area contributed by atoms with E-state index in [9.17, 15) is 0 Å². The minimum Gasteiger partial charge on any atom is -0.371 e. The first-order chi connectivity index (χ1) is 9.49. The highest BCUT2D eigenvalue weighted by molar-refractivity contribution is 5.28. The van der Waals surface area contributed by atoms with Gasteiger partial charge in [0.15, 0.2) is 0 Å². The predicted molar refractivity (Wildman–Crippen MR) is 90.8 cm³/mol. The van der Waals surface area contributed by atoms with E-state index in [2.05, 4.69) is 45.2 Å². The van der Waals surface area contributed by atoms with Gasteiger partial charge in [0.25, 0.3) is 0 Å². The Bertz CT molecular complexity index is 312. The lowest BCUT2D eigenvalue weighted by molar-refractivity contribution is 0.355. The van der Waals surface area contributed by atoms with Crippen LogP contribution < -0.4 is 0 Å². The van der Waals surface area contributed by atoms with Crippen molar-refractivity contribution in [2.45, 2.75) is 72.6 Å². The molecule has 1 aliphatic heterocycles. The zero-order chi connectivity index (χ0) is 15.0. The number of unbranched alkanes of at least 4 members (excludes halogenated alkanes) is 2. The van der Waals surface area contributed by atoms with Crippen LogP contribution in [0.15, 0.2) is 23.9 Å². The molecule has 0 radical (unpaired) electrons. The molecular formula is C19H35N. The van der Waals surface area contributed by atoms with E-state index >= 15 is 0 Å². The molecule has 0 saturated carbocycles. The maximum absolute atomic E-state index is 4.15. The molecule has 116 valence electrons. The van der Waals surface area contributed by atoms with Crippen molar-refractivity contribution in [1.82, 2.24) is 4.90 Å². The third kappa shape index (κ3) is 7.17. The quantitative estimate of drug-likeness (QED) is 0.457. The average molecular weight is 277 g/mol. The van der Waals surface area contributed by atoms with Crippen LogP contribution in [0.2, 0.25) is 0 Å². The lowest BCUT2D eigenvalue weighted by Crippen LogP contribution is -2.21. The summed E-state index contributed by atoms with van der Waals surface area (Å²) in [6.45, 7) is 15.7. The summed E-state index contributed by atoms with van der Waals surface area (Å²) in [5, 5.41) is 0. The number of hydrogen-bond donors (Lipinski definition) is 0. The molecule has 0 saturated heterocycles. The molecule has 1 rings (SSSR count). The minimum atomic E-state index is 0.824. The van der Waals surface area contributed by atoms with Gasteiger partial charge in [0.1, 0.15) is 0 Å². The first kappa shape index (κ1) is 17.3. The highest BCUT2D eigenvalue weighted by Crippen LogP contribution is 2.24. The zero-order valence-electron chi connectivity index (χ0n) is 14.3. The maximum Gasteiger partial charge on any atom is 0.0421 e. The van der Waals surface area contributed by atoms with E-state index < -0.39 is 0 Å². The van der Waals surface area contributed by atoms with Crippen LogP contribution in [0.4, 0.5) is 0 Å². The molecule has 1 heterocycles. The Morgan fingerprint density at radius 3 is 2.30 bits per heavy atom. The van der Waals surface area contributed by atoms with E-state index in [4.69, 9.17) is 0 Å². The van der Waals surface area contributed by atoms with Gasteiger partial charge in [-0.2, -0.15) is 0 Å². The Morgan fingerprint density at radius 1 is 1.00 bits per heavy atom. The second kappa shape index (κ2) is 9.26. The molecule has 0 aliphatic carbocycles. The molecule has 0 aromatic heterocycles. The Labute approximate surface area is 127 Å². The molecule has 1 aliphatic rings. The fourth-order valence-electron chi connectivity index (χ4n) is 2.90. The average Bonchev–Trinajstić information content (AvgIpc) is 2.68. The van der Waals surface area contributed by atoms with Crippen LogP contribution in [0.5, 0.6) is 0 Å². The van der Waals surface area contributed by atoms with Crippen LogP contribution in [-0.4, -0.2) is 18.0 Å². The Balaban J connectivity index is 2.22. The summed E-state index contributed by atoms with van der Waals surface area (Å²) >= 11 is 0. The molecule has 20 heavy (non-hydrogen) atoms. The second-order valence-electron chi connectivity index (χ2n) is 7.24. The molecule has 0 fully saturated rings. The van der Waals surface area contributed by atoms with Gasteiger partial charge in [0.2, 0.25) is 0 Å². The molecule has 0 unspecified atom stereocenters. The van der Waals surface area contributed by atoms with Crippen LogP contribution in [-0.2, 0) is 0 Å². The van der Waals surface area contributed by atoms with E-state index in [0.29, 0.717) is 0 Å². The van der Waals surface area contributed by atoms with Crippen LogP contribution in [0, 0.1) is 11.8 Å². The molecule has 0 spiro atoms. The van der Waals surface area contributed by atoms with Crippen molar-refractivity contribution in [2.75, 3.05) is 13.1 Å². The molecule has 1 nitrogen and oxygen atoms in total. The monoisotopic (exact) mass is 277 g/mol. The summed E-state index contributed by atoms with van der Waals surface area (Å²) in [7, 11) is 0. The smallest absolute Gasteiger partial charge is 0.0421 e. The van der Waals surface area contributed by atoms with Gasteiger partial charge in [-0.3, -0.25) is 0 Å². The summed E-state index contributed by atoms with van der Waals surface area (Å²) in [6, 6.07) is 0. The zero-order valence-corrected chi connectivity index (χ0v) is 14.3. The van der Waals surface area contributed by atoms with Gasteiger partial charge >= 0.3 is 0 Å². The lowest BCUT2D eigenvalue weighted by Gasteiger charge is -2.22. The first-order valence-corrected chi connectivity index (χ1v) is 8.62. The van der Waals surface area contributed by atoms with Crippen LogP contribution in [0.3, 0.4) is 0 Å². The SMILES string of the molecule is C=C1C=C(CCCC(C)C)N(CCCCCC(C)C)C1. The molecule has 0 N–H and O–H groups in total. The normalized spacial score (nSPS) is 15.6. The van der Waals surface area contributed by atoms with Gasteiger partial charge in [-0.25, -0.2) is 0 Å². The molecule has 0 bridgehead atoms. The number of nitrogens with zero attached hydrogens (tertiary/aromatic N) is 1. The van der Waals surface area contributed by atoms with Crippen molar-refractivity contribution < 1.29 is 0 Å². The van der Waals surface area contributed by atoms with Gasteiger partial charge in [0.05, 0.1) is 0 Å². The first-order valence-electron chi connectivity index (χ1n) is 8.62. The van der Waals surface area contributed by atoms with E-state index in [-0.39, 0.29) is 0 Å². The maximum atomic E-state index is 4.15. The molecule has 0 aromatic carbocycles. The third-order valence-electron chi connectivity index (χ3n) is 4.09. The van der Waals surface area contributed by atoms with Gasteiger partial charge in [0, 0.05) is 18.8 Å². The molecule has 0 amide bonds. The van der Waals surface area contributed by atoms with Crippen molar-refractivity contribution in [3.63, 3.8) is 0 Å². The van der Waals surface area contributed by atoms with Gasteiger partial charge in [-0.05, 0) is 42.7 Å². The summed E-state index contributed by atoms with van der Waals surface area (Å²) < 4.78 is 0. The molecule has 0 atom stereocenters. The number of rotatable bonds is 10. The highest BCUT2D eigenvalue weighted by Gasteiger charge is 2.16. The lowest BCUT2D eigenvalue weighted by atomic mass is 10.0. The summed E-state index contributed by atoms with van der Waals surface area (Å²) in [4.78, 5) is 2.57. The standard InChI is InChI=1S/C19H35N/c1-16(2)10-7-6-8-13-20-15-18(5)14-19(20)12-9-11-17(3)4/h14,16-17H,5-13,15H2,1-4H3. The molecule has 1 heteroatoms. The van der Waals surface area contributed by atoms with E-state index in [1.54, 1.807) is 5.70 Å². The van der Waals surface area contributed by atoms with Crippen LogP contribution in [0.25, 0.3) is 0 Å². The number of hydrogen-bond acceptors (Lipinski definition) is 1. The van der Waals surface area contributed by atoms with Gasteiger partial charge in [-0.15, -0.1) is 0 Å². The van der Waals surface area contributed by atoms with Crippen LogP contribution in [0.1, 0.15) is 72.6 Å². The fraction of sp³-hybridized carbons (Fsp3) is 0.789. The van der Waals surface area contributed by atoms with Crippen molar-refractivity contribution in [2.24, 2.45) is 11.8 Å². The Hall–Kier alpha value is -0.720. The van der Waals surface area contributed by atoms with Crippen molar-refractivity contribution >= 4 is 0 Å². The van der Waals surface area contributed by atoms with Gasteiger partial charge < -0.3 is 4.90 Å². The van der Waals surface area contributed by atoms with Crippen molar-refractivity contribution in [1.29, 1.82) is 0 Å². The highest BCUT2D eigenvalue weighted by atomic mass is 15.1. The van der Waals surface area contributed by atoms with E-state index in [0.717, 1.165) is 18.4 Å².